The number of methoxy groups -OCH3 is 2. The van der Waals surface area contributed by atoms with Crippen LogP contribution in [0, 0.1) is 18.3 Å². The van der Waals surface area contributed by atoms with E-state index in [1.54, 1.807) is 50.4 Å². The van der Waals surface area contributed by atoms with E-state index in [4.69, 9.17) is 30.5 Å². The molecule has 0 saturated heterocycles. The van der Waals surface area contributed by atoms with Crippen molar-refractivity contribution in [1.82, 2.24) is 10.2 Å². The van der Waals surface area contributed by atoms with E-state index in [1.807, 2.05) is 6.07 Å². The van der Waals surface area contributed by atoms with Crippen molar-refractivity contribution < 1.29 is 23.7 Å². The van der Waals surface area contributed by atoms with Gasteiger partial charge in [0.15, 0.2) is 11.5 Å². The Labute approximate surface area is 205 Å². The van der Waals surface area contributed by atoms with Gasteiger partial charge in [-0.2, -0.15) is 5.26 Å². The first-order valence-corrected chi connectivity index (χ1v) is 11.1. The van der Waals surface area contributed by atoms with Crippen LogP contribution in [0.4, 0.5) is 5.13 Å². The molecule has 9 nitrogen and oxygen atoms in total. The molecular formula is C23H21ClN4O5S. The highest BCUT2D eigenvalue weighted by molar-refractivity contribution is 7.15. The molecule has 1 N–H and O–H groups in total. The van der Waals surface area contributed by atoms with Crippen LogP contribution in [0.25, 0.3) is 6.08 Å². The summed E-state index contributed by atoms with van der Waals surface area (Å²) in [5, 5.41) is 20.9. The van der Waals surface area contributed by atoms with Gasteiger partial charge in [0, 0.05) is 0 Å². The Kier molecular flexibility index (Phi) is 8.67. The lowest BCUT2D eigenvalue weighted by Gasteiger charge is -2.14. The number of rotatable bonds is 10. The Bertz CT molecular complexity index is 1220. The number of hydrogen-bond donors (Lipinski definition) is 1. The Morgan fingerprint density at radius 1 is 1.12 bits per heavy atom. The molecule has 3 aromatic rings. The fourth-order valence-electron chi connectivity index (χ4n) is 2.77. The number of aromatic nitrogens is 2. The minimum atomic E-state index is -0.607. The van der Waals surface area contributed by atoms with Gasteiger partial charge in [-0.25, -0.2) is 0 Å². The molecule has 0 aliphatic rings. The van der Waals surface area contributed by atoms with E-state index in [2.05, 4.69) is 15.5 Å². The first kappa shape index (κ1) is 24.8. The third-order valence-corrected chi connectivity index (χ3v) is 5.37. The van der Waals surface area contributed by atoms with E-state index < -0.39 is 5.91 Å². The molecule has 1 amide bonds. The van der Waals surface area contributed by atoms with Crippen LogP contribution >= 0.6 is 22.9 Å². The van der Waals surface area contributed by atoms with Crippen molar-refractivity contribution in [3.63, 3.8) is 0 Å². The summed E-state index contributed by atoms with van der Waals surface area (Å²) in [4.78, 5) is 12.4. The zero-order chi connectivity index (χ0) is 24.5. The zero-order valence-electron chi connectivity index (χ0n) is 18.6. The molecule has 2 aromatic carbocycles. The van der Waals surface area contributed by atoms with Gasteiger partial charge >= 0.3 is 0 Å². The van der Waals surface area contributed by atoms with E-state index in [0.717, 1.165) is 5.75 Å². The molecule has 0 unspecified atom stereocenters. The summed E-state index contributed by atoms with van der Waals surface area (Å²) in [7, 11) is 3.06. The summed E-state index contributed by atoms with van der Waals surface area (Å²) >= 11 is 7.60. The number of nitrogens with one attached hydrogen (secondary N) is 1. The Morgan fingerprint density at radius 2 is 1.82 bits per heavy atom. The molecule has 3 rings (SSSR count). The molecule has 34 heavy (non-hydrogen) atoms. The van der Waals surface area contributed by atoms with Crippen LogP contribution in [-0.4, -0.2) is 43.5 Å². The minimum Gasteiger partial charge on any atom is -0.497 e. The van der Waals surface area contributed by atoms with E-state index >= 15 is 0 Å². The molecular weight excluding hydrogens is 480 g/mol. The van der Waals surface area contributed by atoms with Gasteiger partial charge in [-0.1, -0.05) is 22.9 Å². The minimum absolute atomic E-state index is 0.132. The number of nitriles is 1. The molecule has 11 heteroatoms. The van der Waals surface area contributed by atoms with Crippen LogP contribution in [0.15, 0.2) is 42.0 Å². The number of hydrogen-bond acceptors (Lipinski definition) is 9. The second kappa shape index (κ2) is 11.9. The maximum atomic E-state index is 12.4. The summed E-state index contributed by atoms with van der Waals surface area (Å²) in [6, 6.07) is 12.3. The van der Waals surface area contributed by atoms with Crippen LogP contribution in [0.2, 0.25) is 5.02 Å². The maximum Gasteiger partial charge on any atom is 0.268 e. The van der Waals surface area contributed by atoms with Gasteiger partial charge in [-0.05, 0) is 55.0 Å². The van der Waals surface area contributed by atoms with Crippen molar-refractivity contribution in [3.05, 3.63) is 57.6 Å². The average molecular weight is 501 g/mol. The summed E-state index contributed by atoms with van der Waals surface area (Å²) in [5.41, 5.74) is 0.358. The number of nitrogens with zero attached hydrogens (tertiary/aromatic N) is 3. The van der Waals surface area contributed by atoms with Crippen molar-refractivity contribution in [2.45, 2.75) is 6.92 Å². The number of benzene rings is 2. The van der Waals surface area contributed by atoms with E-state index in [9.17, 15) is 10.1 Å². The maximum absolute atomic E-state index is 12.4. The van der Waals surface area contributed by atoms with Crippen LogP contribution in [0.1, 0.15) is 10.6 Å². The number of amides is 1. The largest absolute Gasteiger partial charge is 0.497 e. The fourth-order valence-corrected chi connectivity index (χ4v) is 3.63. The number of aryl methyl sites for hydroxylation is 1. The lowest BCUT2D eigenvalue weighted by atomic mass is 10.1. The molecule has 0 spiro atoms. The first-order valence-electron chi connectivity index (χ1n) is 9.94. The van der Waals surface area contributed by atoms with Gasteiger partial charge in [-0.15, -0.1) is 10.2 Å². The highest BCUT2D eigenvalue weighted by Gasteiger charge is 2.15. The van der Waals surface area contributed by atoms with Gasteiger partial charge in [0.25, 0.3) is 5.91 Å². The van der Waals surface area contributed by atoms with Crippen molar-refractivity contribution in [2.75, 3.05) is 32.8 Å². The highest BCUT2D eigenvalue weighted by atomic mass is 35.5. The van der Waals surface area contributed by atoms with E-state index in [1.165, 1.54) is 24.5 Å². The smallest absolute Gasteiger partial charge is 0.268 e. The third kappa shape index (κ3) is 6.60. The summed E-state index contributed by atoms with van der Waals surface area (Å²) in [5.74, 6) is 1.48. The second-order valence-corrected chi connectivity index (χ2v) is 8.25. The first-order chi connectivity index (χ1) is 16.4. The molecule has 0 saturated carbocycles. The monoisotopic (exact) mass is 500 g/mol. The Morgan fingerprint density at radius 3 is 2.44 bits per heavy atom. The number of carbonyl (C=O) groups is 1. The van der Waals surface area contributed by atoms with E-state index in [-0.39, 0.29) is 23.8 Å². The van der Waals surface area contributed by atoms with Gasteiger partial charge in [0.2, 0.25) is 5.13 Å². The molecule has 1 heterocycles. The standard InChI is InChI=1S/C23H21ClN4O5S/c1-14-27-28-23(34-14)26-22(29)16(13-25)10-15-11-19(24)21(20(12-15)31-3)33-9-8-32-18-6-4-17(30-2)5-7-18/h4-7,10-12H,8-9H2,1-3H3,(H,26,28,29). The third-order valence-electron chi connectivity index (χ3n) is 4.33. The summed E-state index contributed by atoms with van der Waals surface area (Å²) in [6.45, 7) is 2.25. The Hall–Kier alpha value is -3.81. The van der Waals surface area contributed by atoms with Crippen LogP contribution in [0.5, 0.6) is 23.0 Å². The lowest BCUT2D eigenvalue weighted by molar-refractivity contribution is -0.112. The van der Waals surface area contributed by atoms with Gasteiger partial charge < -0.3 is 18.9 Å². The number of halogens is 1. The second-order valence-electron chi connectivity index (χ2n) is 6.66. The van der Waals surface area contributed by atoms with Crippen molar-refractivity contribution in [2.24, 2.45) is 0 Å². The van der Waals surface area contributed by atoms with Crippen LogP contribution < -0.4 is 24.3 Å². The summed E-state index contributed by atoms with van der Waals surface area (Å²) in [6.07, 6.45) is 1.40. The normalized spacial score (nSPS) is 10.9. The summed E-state index contributed by atoms with van der Waals surface area (Å²) < 4.78 is 21.9. The molecule has 0 aliphatic heterocycles. The molecule has 0 fully saturated rings. The number of ether oxygens (including phenoxy) is 4. The van der Waals surface area contributed by atoms with Gasteiger partial charge in [0.1, 0.15) is 41.4 Å². The van der Waals surface area contributed by atoms with Crippen molar-refractivity contribution in [1.29, 1.82) is 5.26 Å². The predicted molar refractivity (Wildman–Crippen MR) is 129 cm³/mol. The number of carbonyl (C=O) groups excluding carboxylic acids is 1. The van der Waals surface area contributed by atoms with Gasteiger partial charge in [-0.3, -0.25) is 10.1 Å². The number of anilines is 1. The average Bonchev–Trinajstić information content (AvgIpc) is 3.25. The topological polar surface area (TPSA) is 116 Å². The van der Waals surface area contributed by atoms with Crippen LogP contribution in [0.3, 0.4) is 0 Å². The highest BCUT2D eigenvalue weighted by Crippen LogP contribution is 2.37. The SMILES string of the molecule is COc1ccc(OCCOc2c(Cl)cc(C=C(C#N)C(=O)Nc3nnc(C)s3)cc2OC)cc1. The molecule has 0 aliphatic carbocycles. The predicted octanol–water partition coefficient (Wildman–Crippen LogP) is 4.52. The zero-order valence-corrected chi connectivity index (χ0v) is 20.2. The molecule has 176 valence electrons. The van der Waals surface area contributed by atoms with Crippen molar-refractivity contribution in [3.8, 4) is 29.1 Å². The molecule has 0 bridgehead atoms. The molecule has 1 aromatic heterocycles. The van der Waals surface area contributed by atoms with Crippen LogP contribution in [-0.2, 0) is 4.79 Å². The van der Waals surface area contributed by atoms with E-state index in [0.29, 0.717) is 33.0 Å². The van der Waals surface area contributed by atoms with Crippen molar-refractivity contribution >= 4 is 40.1 Å². The van der Waals surface area contributed by atoms with Gasteiger partial charge in [0.05, 0.1) is 19.2 Å². The Balaban J connectivity index is 1.66. The quantitative estimate of drug-likeness (QED) is 0.245. The fraction of sp³-hybridized carbons (Fsp3) is 0.217. The lowest BCUT2D eigenvalue weighted by Crippen LogP contribution is -2.13. The molecule has 0 radical (unpaired) electrons. The molecule has 0 atom stereocenters.